The van der Waals surface area contributed by atoms with Gasteiger partial charge >= 0.3 is 0 Å². The first-order chi connectivity index (χ1) is 8.79. The molecule has 0 aromatic heterocycles. The van der Waals surface area contributed by atoms with Gasteiger partial charge in [-0.25, -0.2) is 0 Å². The minimum Gasteiger partial charge on any atom is -0.394 e. The van der Waals surface area contributed by atoms with E-state index in [2.05, 4.69) is 9.98 Å². The summed E-state index contributed by atoms with van der Waals surface area (Å²) in [7, 11) is 0. The minimum absolute atomic E-state index is 0.0692. The molecule has 8 nitrogen and oxygen atoms in total. The quantitative estimate of drug-likeness (QED) is 0.245. The molecule has 8 heteroatoms. The third-order valence-electron chi connectivity index (χ3n) is 1.85. The molecule has 0 bridgehead atoms. The van der Waals surface area contributed by atoms with Gasteiger partial charge < -0.3 is 31.2 Å². The van der Waals surface area contributed by atoms with Gasteiger partial charge in [0.1, 0.15) is 0 Å². The molecule has 0 heterocycles. The summed E-state index contributed by atoms with van der Waals surface area (Å²) < 4.78 is 10.3. The number of rotatable bonds is 11. The van der Waals surface area contributed by atoms with Crippen LogP contribution < -0.4 is 11.5 Å². The van der Waals surface area contributed by atoms with Crippen LogP contribution in [0, 0.1) is 0 Å². The second kappa shape index (κ2) is 12.6. The number of aliphatic hydroxyl groups is 2. The van der Waals surface area contributed by atoms with Gasteiger partial charge in [-0.3, -0.25) is 9.98 Å². The van der Waals surface area contributed by atoms with E-state index in [9.17, 15) is 0 Å². The van der Waals surface area contributed by atoms with Gasteiger partial charge in [0.2, 0.25) is 0 Å². The van der Waals surface area contributed by atoms with E-state index in [1.807, 2.05) is 0 Å². The van der Waals surface area contributed by atoms with Gasteiger partial charge in [0.15, 0.2) is 0 Å². The highest BCUT2D eigenvalue weighted by atomic mass is 16.5. The highest BCUT2D eigenvalue weighted by molar-refractivity contribution is 6.43. The van der Waals surface area contributed by atoms with E-state index >= 15 is 0 Å². The van der Waals surface area contributed by atoms with Gasteiger partial charge in [0, 0.05) is 0 Å². The normalized spacial score (nSPS) is 13.1. The molecule has 0 unspecified atom stereocenters. The molecule has 18 heavy (non-hydrogen) atoms. The number of aliphatic hydroxyl groups excluding tert-OH is 2. The van der Waals surface area contributed by atoms with Gasteiger partial charge in [0.25, 0.3) is 0 Å². The molecule has 0 aliphatic rings. The fourth-order valence-corrected chi connectivity index (χ4v) is 1.13. The third kappa shape index (κ3) is 8.23. The first-order valence-corrected chi connectivity index (χ1v) is 5.64. The van der Waals surface area contributed by atoms with Crippen molar-refractivity contribution in [1.29, 1.82) is 0 Å². The van der Waals surface area contributed by atoms with Crippen molar-refractivity contribution in [3.8, 4) is 0 Å². The summed E-state index contributed by atoms with van der Waals surface area (Å²) in [5, 5.41) is 17.3. The largest absolute Gasteiger partial charge is 0.394 e. The lowest BCUT2D eigenvalue weighted by Gasteiger charge is -2.10. The van der Waals surface area contributed by atoms with Crippen molar-refractivity contribution < 1.29 is 19.7 Å². The third-order valence-corrected chi connectivity index (χ3v) is 1.85. The summed E-state index contributed by atoms with van der Waals surface area (Å²) in [6.07, 6.45) is 0. The summed E-state index contributed by atoms with van der Waals surface area (Å²) >= 11 is 0. The molecule has 0 aliphatic heterocycles. The fraction of sp³-hybridized carbons (Fsp3) is 0.800. The van der Waals surface area contributed by atoms with Crippen LogP contribution in [0.1, 0.15) is 0 Å². The summed E-state index contributed by atoms with van der Waals surface area (Å²) in [4.78, 5) is 8.11. The predicted octanol–water partition coefficient (Wildman–Crippen LogP) is -2.28. The summed E-state index contributed by atoms with van der Waals surface area (Å²) in [6.45, 7) is 0.829. The molecule has 0 spiro atoms. The van der Waals surface area contributed by atoms with Gasteiger partial charge in [-0.05, 0) is 0 Å². The number of aliphatic imine (C=N–C) groups is 2. The van der Waals surface area contributed by atoms with Gasteiger partial charge in [-0.1, -0.05) is 0 Å². The molecule has 0 aliphatic carbocycles. The van der Waals surface area contributed by atoms with Crippen LogP contribution >= 0.6 is 0 Å². The zero-order valence-electron chi connectivity index (χ0n) is 10.4. The van der Waals surface area contributed by atoms with Crippen molar-refractivity contribution in [3.63, 3.8) is 0 Å². The van der Waals surface area contributed by atoms with Crippen molar-refractivity contribution in [3.05, 3.63) is 0 Å². The molecule has 0 radical (unpaired) electrons. The SMILES string of the molecule is NCN=C(COCCO)C(COCCO)=NCN. The molecule has 0 aromatic carbocycles. The molecule has 106 valence electrons. The van der Waals surface area contributed by atoms with Crippen molar-refractivity contribution in [1.82, 2.24) is 0 Å². The predicted molar refractivity (Wildman–Crippen MR) is 68.8 cm³/mol. The van der Waals surface area contributed by atoms with Crippen molar-refractivity contribution in [2.45, 2.75) is 0 Å². The molecule has 0 fully saturated rings. The Balaban J connectivity index is 4.46. The average Bonchev–Trinajstić information content (AvgIpc) is 2.37. The number of nitrogens with two attached hydrogens (primary N) is 2. The van der Waals surface area contributed by atoms with Crippen LogP contribution in [-0.2, 0) is 9.47 Å². The Labute approximate surface area is 106 Å². The highest BCUT2D eigenvalue weighted by Gasteiger charge is 2.09. The molecule has 0 rings (SSSR count). The van der Waals surface area contributed by atoms with E-state index in [4.69, 9.17) is 31.2 Å². The van der Waals surface area contributed by atoms with Crippen LogP contribution in [0.2, 0.25) is 0 Å². The Morgan fingerprint density at radius 2 is 1.22 bits per heavy atom. The first kappa shape index (κ1) is 17.1. The Bertz CT molecular complexity index is 232. The monoisotopic (exact) mass is 262 g/mol. The molecule has 0 atom stereocenters. The number of hydrogen-bond acceptors (Lipinski definition) is 8. The van der Waals surface area contributed by atoms with E-state index in [0.717, 1.165) is 0 Å². The van der Waals surface area contributed by atoms with Gasteiger partial charge in [-0.15, -0.1) is 0 Å². The Hall–Kier alpha value is -0.900. The maximum Gasteiger partial charge on any atom is 0.0904 e. The van der Waals surface area contributed by atoms with Crippen LogP contribution in [0.3, 0.4) is 0 Å². The van der Waals surface area contributed by atoms with E-state index in [1.165, 1.54) is 0 Å². The molecule has 0 aromatic rings. The zero-order chi connectivity index (χ0) is 13.6. The molecular weight excluding hydrogens is 240 g/mol. The van der Waals surface area contributed by atoms with Crippen molar-refractivity contribution >= 4 is 11.4 Å². The van der Waals surface area contributed by atoms with Crippen LogP contribution in [0.15, 0.2) is 9.98 Å². The average molecular weight is 262 g/mol. The second-order valence-electron chi connectivity index (χ2n) is 3.13. The Morgan fingerprint density at radius 3 is 1.50 bits per heavy atom. The number of nitrogens with zero attached hydrogens (tertiary/aromatic N) is 2. The van der Waals surface area contributed by atoms with Crippen molar-refractivity contribution in [2.75, 3.05) is 53.0 Å². The molecule has 0 saturated carbocycles. The van der Waals surface area contributed by atoms with E-state index in [-0.39, 0.29) is 53.0 Å². The first-order valence-electron chi connectivity index (χ1n) is 5.64. The Morgan fingerprint density at radius 1 is 0.833 bits per heavy atom. The second-order valence-corrected chi connectivity index (χ2v) is 3.13. The lowest BCUT2D eigenvalue weighted by atomic mass is 10.2. The van der Waals surface area contributed by atoms with Crippen LogP contribution in [-0.4, -0.2) is 74.6 Å². The molecular formula is C10H22N4O4. The number of ether oxygens (including phenoxy) is 2. The maximum absolute atomic E-state index is 8.63. The van der Waals surface area contributed by atoms with E-state index in [0.29, 0.717) is 11.4 Å². The lowest BCUT2D eigenvalue weighted by Crippen LogP contribution is -2.28. The van der Waals surface area contributed by atoms with Crippen LogP contribution in [0.5, 0.6) is 0 Å². The Kier molecular flexibility index (Phi) is 11.9. The zero-order valence-corrected chi connectivity index (χ0v) is 10.4. The van der Waals surface area contributed by atoms with Crippen LogP contribution in [0.25, 0.3) is 0 Å². The lowest BCUT2D eigenvalue weighted by molar-refractivity contribution is 0.115. The summed E-state index contributed by atoms with van der Waals surface area (Å²) in [5.41, 5.74) is 11.8. The van der Waals surface area contributed by atoms with Crippen molar-refractivity contribution in [2.24, 2.45) is 21.5 Å². The molecule has 0 saturated heterocycles. The van der Waals surface area contributed by atoms with E-state index in [1.54, 1.807) is 0 Å². The molecule has 0 amide bonds. The summed E-state index contributed by atoms with van der Waals surface area (Å²) in [6, 6.07) is 0. The maximum atomic E-state index is 8.63. The van der Waals surface area contributed by atoms with Gasteiger partial charge in [-0.2, -0.15) is 0 Å². The fourth-order valence-electron chi connectivity index (χ4n) is 1.13. The van der Waals surface area contributed by atoms with Gasteiger partial charge in [0.05, 0.1) is 64.4 Å². The minimum atomic E-state index is -0.0692. The smallest absolute Gasteiger partial charge is 0.0904 e. The van der Waals surface area contributed by atoms with E-state index < -0.39 is 0 Å². The van der Waals surface area contributed by atoms with Crippen LogP contribution in [0.4, 0.5) is 0 Å². The molecule has 6 N–H and O–H groups in total. The highest BCUT2D eigenvalue weighted by Crippen LogP contribution is 1.91. The standard InChI is InChI=1S/C10H22N4O4/c11-7-13-9(5-17-3-1-15)10(14-8-12)6-18-4-2-16/h15-16H,1-8,11-12H2. The summed E-state index contributed by atoms with van der Waals surface area (Å²) in [5.74, 6) is 0. The topological polar surface area (TPSA) is 136 Å². The number of hydrogen-bond donors (Lipinski definition) is 4.